The number of morpholine rings is 1. The summed E-state index contributed by atoms with van der Waals surface area (Å²) in [7, 11) is 3.77. The molecule has 49 heavy (non-hydrogen) atoms. The van der Waals surface area contributed by atoms with Gasteiger partial charge in [0.15, 0.2) is 5.69 Å². The van der Waals surface area contributed by atoms with Gasteiger partial charge in [0.25, 0.3) is 5.91 Å². The molecule has 0 aliphatic carbocycles. The fraction of sp³-hybridized carbons (Fsp3) is 0.424. The Hall–Kier alpha value is -4.38. The van der Waals surface area contributed by atoms with Gasteiger partial charge in [-0.2, -0.15) is 13.2 Å². The molecule has 0 unspecified atom stereocenters. The molecule has 3 amide bonds. The van der Waals surface area contributed by atoms with Crippen LogP contribution in [0.1, 0.15) is 29.4 Å². The maximum atomic E-state index is 13.7. The second-order valence-electron chi connectivity index (χ2n) is 11.8. The van der Waals surface area contributed by atoms with Crippen molar-refractivity contribution in [3.05, 3.63) is 63.5 Å². The van der Waals surface area contributed by atoms with E-state index in [0.717, 1.165) is 29.8 Å². The lowest BCUT2D eigenvalue weighted by molar-refractivity contribution is -0.140. The number of carbonyl (C=O) groups is 2. The van der Waals surface area contributed by atoms with Crippen molar-refractivity contribution in [1.29, 1.82) is 0 Å². The monoisotopic (exact) mass is 700 g/mol. The maximum Gasteiger partial charge on any atom is 0.434 e. The van der Waals surface area contributed by atoms with Gasteiger partial charge in [-0.25, -0.2) is 14.8 Å². The first-order chi connectivity index (χ1) is 23.4. The van der Waals surface area contributed by atoms with Crippen LogP contribution in [0.5, 0.6) is 0 Å². The number of nitrogens with one attached hydrogen (secondary N) is 3. The molecule has 1 aliphatic rings. The van der Waals surface area contributed by atoms with Crippen molar-refractivity contribution in [2.45, 2.75) is 26.1 Å². The molecular weight excluding hydrogens is 661 g/mol. The number of thiazole rings is 1. The Morgan fingerprint density at radius 1 is 1.06 bits per heavy atom. The number of anilines is 1. The largest absolute Gasteiger partial charge is 0.434 e. The van der Waals surface area contributed by atoms with Crippen LogP contribution in [0.4, 0.5) is 23.8 Å². The van der Waals surface area contributed by atoms with Gasteiger partial charge in [-0.1, -0.05) is 13.0 Å². The standard InChI is InChI=1S/C33H39F3N8O4S/c1-4-7-38-32(47)41-28-17-23(31-40-27(20-49-31)33(34,35)36)24(18-39-28)21-5-6-22-26(16-21)44(11-10-43-12-14-48-15-13-43)19-25(29(22)45)30(46)37-8-9-42(2)3/h5-6,16-20H,4,7-15H2,1-3H3,(H,37,46)(H2,38,39,41,47). The lowest BCUT2D eigenvalue weighted by Crippen LogP contribution is -2.38. The van der Waals surface area contributed by atoms with Crippen molar-refractivity contribution < 1.29 is 27.5 Å². The Kier molecular flexibility index (Phi) is 11.6. The van der Waals surface area contributed by atoms with E-state index in [1.54, 1.807) is 24.4 Å². The van der Waals surface area contributed by atoms with Crippen LogP contribution in [-0.4, -0.2) is 103 Å². The summed E-state index contributed by atoms with van der Waals surface area (Å²) in [5, 5.41) is 9.47. The molecule has 262 valence electrons. The van der Waals surface area contributed by atoms with Crippen molar-refractivity contribution in [2.75, 3.05) is 71.9 Å². The number of rotatable bonds is 12. The van der Waals surface area contributed by atoms with Gasteiger partial charge in [0.05, 0.1) is 18.7 Å². The van der Waals surface area contributed by atoms with Crippen molar-refractivity contribution in [3.63, 3.8) is 0 Å². The van der Waals surface area contributed by atoms with Crippen LogP contribution in [0.2, 0.25) is 0 Å². The van der Waals surface area contributed by atoms with Crippen LogP contribution in [0.3, 0.4) is 0 Å². The summed E-state index contributed by atoms with van der Waals surface area (Å²) in [5.74, 6) is -0.344. The van der Waals surface area contributed by atoms with Gasteiger partial charge in [0, 0.05) is 80.1 Å². The summed E-state index contributed by atoms with van der Waals surface area (Å²) in [6.07, 6.45) is -0.897. The number of hydrogen-bond acceptors (Lipinski definition) is 9. The van der Waals surface area contributed by atoms with E-state index in [0.29, 0.717) is 80.0 Å². The van der Waals surface area contributed by atoms with Gasteiger partial charge < -0.3 is 24.8 Å². The average molecular weight is 701 g/mol. The Morgan fingerprint density at radius 3 is 2.53 bits per heavy atom. The summed E-state index contributed by atoms with van der Waals surface area (Å²) >= 11 is 0.821. The number of aromatic nitrogens is 3. The van der Waals surface area contributed by atoms with Gasteiger partial charge in [-0.05, 0) is 44.3 Å². The van der Waals surface area contributed by atoms with Gasteiger partial charge in [0.1, 0.15) is 16.4 Å². The van der Waals surface area contributed by atoms with E-state index in [1.165, 1.54) is 12.3 Å². The van der Waals surface area contributed by atoms with Crippen LogP contribution in [0.15, 0.2) is 46.8 Å². The van der Waals surface area contributed by atoms with E-state index in [1.807, 2.05) is 30.5 Å². The fourth-order valence-corrected chi connectivity index (χ4v) is 6.18. The minimum absolute atomic E-state index is 0.0163. The van der Waals surface area contributed by atoms with Crippen LogP contribution in [-0.2, 0) is 17.5 Å². The number of alkyl halides is 3. The Balaban J connectivity index is 1.59. The molecule has 16 heteroatoms. The number of benzene rings is 1. The molecule has 5 rings (SSSR count). The number of pyridine rings is 2. The van der Waals surface area contributed by atoms with Gasteiger partial charge >= 0.3 is 12.2 Å². The fourth-order valence-electron chi connectivity index (χ4n) is 5.32. The summed E-state index contributed by atoms with van der Waals surface area (Å²) in [4.78, 5) is 51.6. The second-order valence-corrected chi connectivity index (χ2v) is 12.7. The number of halogens is 3. The molecule has 4 aromatic rings. The maximum absolute atomic E-state index is 13.7. The van der Waals surface area contributed by atoms with Crippen LogP contribution in [0, 0.1) is 0 Å². The molecular formula is C33H39F3N8O4S. The minimum Gasteiger partial charge on any atom is -0.379 e. The van der Waals surface area contributed by atoms with Crippen molar-refractivity contribution in [3.8, 4) is 21.7 Å². The first-order valence-corrected chi connectivity index (χ1v) is 16.8. The lowest BCUT2D eigenvalue weighted by atomic mass is 9.99. The van der Waals surface area contributed by atoms with E-state index in [2.05, 4.69) is 30.8 Å². The number of ether oxygens (including phenoxy) is 1. The molecule has 12 nitrogen and oxygen atoms in total. The highest BCUT2D eigenvalue weighted by atomic mass is 32.1. The molecule has 3 N–H and O–H groups in total. The van der Waals surface area contributed by atoms with E-state index in [9.17, 15) is 27.6 Å². The molecule has 0 bridgehead atoms. The zero-order chi connectivity index (χ0) is 35.1. The molecule has 0 atom stereocenters. The summed E-state index contributed by atoms with van der Waals surface area (Å²) in [5.41, 5.74) is 0.422. The molecule has 0 radical (unpaired) electrons. The normalized spacial score (nSPS) is 13.9. The predicted octanol–water partition coefficient (Wildman–Crippen LogP) is 4.36. The smallest absolute Gasteiger partial charge is 0.379 e. The number of fused-ring (bicyclic) bond motifs is 1. The first kappa shape index (κ1) is 35.9. The predicted molar refractivity (Wildman–Crippen MR) is 183 cm³/mol. The van der Waals surface area contributed by atoms with Crippen LogP contribution < -0.4 is 21.4 Å². The molecule has 3 aromatic heterocycles. The number of likely N-dealkylation sites (N-methyl/N-ethyl adjacent to an activating group) is 1. The molecule has 1 aliphatic heterocycles. The van der Waals surface area contributed by atoms with Gasteiger partial charge in [0.2, 0.25) is 5.43 Å². The summed E-state index contributed by atoms with van der Waals surface area (Å²) in [6.45, 7) is 7.13. The zero-order valence-corrected chi connectivity index (χ0v) is 28.3. The summed E-state index contributed by atoms with van der Waals surface area (Å²) in [6, 6.07) is 6.04. The molecule has 0 saturated carbocycles. The second kappa shape index (κ2) is 15.9. The third-order valence-electron chi connectivity index (χ3n) is 7.95. The molecule has 1 saturated heterocycles. The number of amides is 3. The minimum atomic E-state index is -4.64. The highest BCUT2D eigenvalue weighted by molar-refractivity contribution is 7.13. The Labute approximate surface area is 285 Å². The number of urea groups is 1. The highest BCUT2D eigenvalue weighted by Crippen LogP contribution is 2.39. The third-order valence-corrected chi connectivity index (χ3v) is 8.82. The zero-order valence-electron chi connectivity index (χ0n) is 27.5. The molecule has 1 fully saturated rings. The van der Waals surface area contributed by atoms with Crippen LogP contribution in [0.25, 0.3) is 32.6 Å². The van der Waals surface area contributed by atoms with Gasteiger partial charge in [-0.3, -0.25) is 19.8 Å². The van der Waals surface area contributed by atoms with Crippen molar-refractivity contribution in [2.24, 2.45) is 0 Å². The Morgan fingerprint density at radius 2 is 1.84 bits per heavy atom. The SMILES string of the molecule is CCCNC(=O)Nc1cc(-c2nc(C(F)(F)F)cs2)c(-c2ccc3c(=O)c(C(=O)NCCN(C)C)cn(CCN4CCOCC4)c3c2)cn1. The quantitative estimate of drug-likeness (QED) is 0.199. The summed E-state index contributed by atoms with van der Waals surface area (Å²) < 4.78 is 48.0. The number of hydrogen-bond donors (Lipinski definition) is 3. The number of carbonyl (C=O) groups excluding carboxylic acids is 2. The van der Waals surface area contributed by atoms with E-state index < -0.39 is 29.2 Å². The lowest BCUT2D eigenvalue weighted by Gasteiger charge is -2.27. The van der Waals surface area contributed by atoms with E-state index in [4.69, 9.17) is 4.74 Å². The van der Waals surface area contributed by atoms with E-state index in [-0.39, 0.29) is 16.4 Å². The molecule has 0 spiro atoms. The number of nitrogens with zero attached hydrogens (tertiary/aromatic N) is 5. The molecule has 1 aromatic carbocycles. The third kappa shape index (κ3) is 9.00. The molecule has 4 heterocycles. The average Bonchev–Trinajstić information content (AvgIpc) is 3.59. The van der Waals surface area contributed by atoms with Crippen molar-refractivity contribution in [1.82, 2.24) is 35.0 Å². The first-order valence-electron chi connectivity index (χ1n) is 15.9. The van der Waals surface area contributed by atoms with E-state index >= 15 is 0 Å². The topological polar surface area (TPSA) is 134 Å². The van der Waals surface area contributed by atoms with Crippen molar-refractivity contribution >= 4 is 40.0 Å². The van der Waals surface area contributed by atoms with Gasteiger partial charge in [-0.15, -0.1) is 11.3 Å². The Bertz CT molecular complexity index is 1850. The van der Waals surface area contributed by atoms with Crippen LogP contribution >= 0.6 is 11.3 Å². The highest BCUT2D eigenvalue weighted by Gasteiger charge is 2.34.